The van der Waals surface area contributed by atoms with Crippen LogP contribution in [-0.2, 0) is 9.59 Å². The van der Waals surface area contributed by atoms with Crippen molar-refractivity contribution < 1.29 is 29.0 Å². The van der Waals surface area contributed by atoms with E-state index in [4.69, 9.17) is 5.11 Å². The molecule has 0 radical (unpaired) electrons. The summed E-state index contributed by atoms with van der Waals surface area (Å²) in [6.07, 6.45) is 0. The van der Waals surface area contributed by atoms with Crippen molar-refractivity contribution in [1.82, 2.24) is 0 Å². The number of hydrogen-bond donors (Lipinski definition) is 1. The predicted octanol–water partition coefficient (Wildman–Crippen LogP) is 1.82. The minimum absolute atomic E-state index is 0.0723. The van der Waals surface area contributed by atoms with E-state index in [1.54, 1.807) is 0 Å². The average Bonchev–Trinajstić information content (AvgIpc) is 2.87. The monoisotopic (exact) mass is 354 g/mol. The number of halogens is 1. The van der Waals surface area contributed by atoms with Crippen molar-refractivity contribution in [3.05, 3.63) is 76.8 Å². The summed E-state index contributed by atoms with van der Waals surface area (Å²) >= 11 is 0. The zero-order valence-electron chi connectivity index (χ0n) is 13.6. The summed E-state index contributed by atoms with van der Waals surface area (Å²) in [4.78, 5) is 36.8. The van der Waals surface area contributed by atoms with Crippen LogP contribution in [0, 0.1) is 5.82 Å². The third-order valence-electron chi connectivity index (χ3n) is 4.13. The first-order valence-corrected chi connectivity index (χ1v) is 7.65. The SMILES string of the molecule is CC(=O)C1=C([O-])C(=O)N(c2cccc(C(=O)O)c2)[C@H]1c1ccc(F)cc1. The second-order valence-corrected chi connectivity index (χ2v) is 5.78. The number of carbonyl (C=O) groups excluding carboxylic acids is 2. The fourth-order valence-corrected chi connectivity index (χ4v) is 2.96. The Morgan fingerprint density at radius 1 is 1.15 bits per heavy atom. The third kappa shape index (κ3) is 2.83. The zero-order chi connectivity index (χ0) is 19.0. The lowest BCUT2D eigenvalue weighted by Gasteiger charge is -2.27. The van der Waals surface area contributed by atoms with E-state index in [-0.39, 0.29) is 16.8 Å². The Bertz CT molecular complexity index is 949. The number of Topliss-reactive ketones (excluding diaryl/α,β-unsaturated/α-hetero) is 1. The normalized spacial score (nSPS) is 16.9. The summed E-state index contributed by atoms with van der Waals surface area (Å²) < 4.78 is 13.3. The van der Waals surface area contributed by atoms with Crippen molar-refractivity contribution in [2.75, 3.05) is 4.90 Å². The average molecular weight is 354 g/mol. The molecule has 0 fully saturated rings. The van der Waals surface area contributed by atoms with Gasteiger partial charge in [-0.05, 0) is 48.6 Å². The van der Waals surface area contributed by atoms with Gasteiger partial charge in [0.1, 0.15) is 5.82 Å². The van der Waals surface area contributed by atoms with Gasteiger partial charge in [-0.15, -0.1) is 0 Å². The fourth-order valence-electron chi connectivity index (χ4n) is 2.96. The number of rotatable bonds is 4. The second kappa shape index (κ2) is 6.44. The number of hydrogen-bond acceptors (Lipinski definition) is 4. The molecule has 0 spiro atoms. The lowest BCUT2D eigenvalue weighted by molar-refractivity contribution is -0.298. The first-order chi connectivity index (χ1) is 12.3. The van der Waals surface area contributed by atoms with Crippen LogP contribution in [-0.4, -0.2) is 22.8 Å². The van der Waals surface area contributed by atoms with E-state index >= 15 is 0 Å². The number of nitrogens with zero attached hydrogens (tertiary/aromatic N) is 1. The van der Waals surface area contributed by atoms with Gasteiger partial charge in [0.2, 0.25) is 5.91 Å². The molecule has 0 saturated heterocycles. The van der Waals surface area contributed by atoms with Gasteiger partial charge in [-0.2, -0.15) is 0 Å². The molecule has 1 amide bonds. The summed E-state index contributed by atoms with van der Waals surface area (Å²) in [7, 11) is 0. The molecule has 132 valence electrons. The molecular formula is C19H13FNO5-. The highest BCUT2D eigenvalue weighted by molar-refractivity contribution is 6.16. The lowest BCUT2D eigenvalue weighted by Crippen LogP contribution is -2.32. The van der Waals surface area contributed by atoms with Gasteiger partial charge in [-0.1, -0.05) is 18.2 Å². The Morgan fingerprint density at radius 3 is 2.38 bits per heavy atom. The number of carboxylic acid groups (broad SMARTS) is 1. The van der Waals surface area contributed by atoms with Gasteiger partial charge >= 0.3 is 5.97 Å². The van der Waals surface area contributed by atoms with Gasteiger partial charge in [0.25, 0.3) is 0 Å². The predicted molar refractivity (Wildman–Crippen MR) is 87.7 cm³/mol. The molecule has 0 unspecified atom stereocenters. The topological polar surface area (TPSA) is 97.7 Å². The van der Waals surface area contributed by atoms with Crippen LogP contribution in [0.15, 0.2) is 59.9 Å². The van der Waals surface area contributed by atoms with Crippen molar-refractivity contribution in [2.24, 2.45) is 0 Å². The first-order valence-electron chi connectivity index (χ1n) is 7.65. The highest BCUT2D eigenvalue weighted by Crippen LogP contribution is 2.40. The molecule has 6 nitrogen and oxygen atoms in total. The molecule has 0 bridgehead atoms. The highest BCUT2D eigenvalue weighted by atomic mass is 19.1. The fraction of sp³-hybridized carbons (Fsp3) is 0.105. The van der Waals surface area contributed by atoms with Crippen LogP contribution in [0.25, 0.3) is 0 Å². The van der Waals surface area contributed by atoms with Gasteiger partial charge in [0.05, 0.1) is 11.6 Å². The van der Waals surface area contributed by atoms with E-state index in [0.717, 1.165) is 17.0 Å². The molecule has 2 aromatic rings. The number of carbonyl (C=O) groups is 3. The summed E-state index contributed by atoms with van der Waals surface area (Å²) in [6, 6.07) is 9.52. The standard InChI is InChI=1S/C19H14FNO5/c1-10(22)15-16(11-5-7-13(20)8-6-11)21(18(24)17(15)23)14-4-2-3-12(9-14)19(25)26/h2-9,16,23H,1H3,(H,25,26)/p-1/t16-/m0/s1. The number of carboxylic acids is 1. The quantitative estimate of drug-likeness (QED) is 0.903. The Morgan fingerprint density at radius 2 is 1.81 bits per heavy atom. The van der Waals surface area contributed by atoms with Crippen LogP contribution < -0.4 is 10.0 Å². The molecule has 26 heavy (non-hydrogen) atoms. The number of ketones is 1. The molecule has 3 rings (SSSR count). The summed E-state index contributed by atoms with van der Waals surface area (Å²) in [6.45, 7) is 1.17. The second-order valence-electron chi connectivity index (χ2n) is 5.78. The van der Waals surface area contributed by atoms with Crippen molar-refractivity contribution in [3.63, 3.8) is 0 Å². The summed E-state index contributed by atoms with van der Waals surface area (Å²) in [5.41, 5.74) is 0.226. The maximum Gasteiger partial charge on any atom is 0.335 e. The van der Waals surface area contributed by atoms with E-state index in [9.17, 15) is 23.9 Å². The Labute approximate surface area is 147 Å². The molecule has 1 atom stereocenters. The maximum atomic E-state index is 13.3. The third-order valence-corrected chi connectivity index (χ3v) is 4.13. The molecule has 2 aromatic carbocycles. The Kier molecular flexibility index (Phi) is 4.29. The largest absolute Gasteiger partial charge is 0.868 e. The molecule has 7 heteroatoms. The minimum atomic E-state index is -1.20. The lowest BCUT2D eigenvalue weighted by atomic mass is 9.96. The maximum absolute atomic E-state index is 13.3. The van der Waals surface area contributed by atoms with E-state index < -0.39 is 35.3 Å². The summed E-state index contributed by atoms with van der Waals surface area (Å²) in [5, 5.41) is 21.5. The minimum Gasteiger partial charge on any atom is -0.868 e. The Hall–Kier alpha value is -3.48. The molecule has 1 N–H and O–H groups in total. The number of benzene rings is 2. The van der Waals surface area contributed by atoms with E-state index in [1.807, 2.05) is 0 Å². The van der Waals surface area contributed by atoms with Gasteiger partial charge in [0.15, 0.2) is 5.78 Å². The van der Waals surface area contributed by atoms with E-state index in [2.05, 4.69) is 0 Å². The van der Waals surface area contributed by atoms with Crippen molar-refractivity contribution >= 4 is 23.3 Å². The van der Waals surface area contributed by atoms with E-state index in [0.29, 0.717) is 5.56 Å². The number of anilines is 1. The number of amides is 1. The van der Waals surface area contributed by atoms with Gasteiger partial charge in [0, 0.05) is 11.3 Å². The molecule has 1 aliphatic rings. The van der Waals surface area contributed by atoms with Crippen molar-refractivity contribution in [2.45, 2.75) is 13.0 Å². The smallest absolute Gasteiger partial charge is 0.335 e. The molecule has 0 aliphatic carbocycles. The van der Waals surface area contributed by atoms with Crippen LogP contribution in [0.2, 0.25) is 0 Å². The highest BCUT2D eigenvalue weighted by Gasteiger charge is 2.39. The van der Waals surface area contributed by atoms with Crippen LogP contribution in [0.5, 0.6) is 0 Å². The summed E-state index contributed by atoms with van der Waals surface area (Å²) in [5.74, 6) is -4.17. The zero-order valence-corrected chi connectivity index (χ0v) is 13.6. The molecular weight excluding hydrogens is 341 g/mol. The first kappa shape index (κ1) is 17.3. The van der Waals surface area contributed by atoms with Crippen LogP contribution in [0.1, 0.15) is 28.9 Å². The van der Waals surface area contributed by atoms with Gasteiger partial charge < -0.3 is 10.2 Å². The number of aromatic carboxylic acids is 1. The molecule has 1 heterocycles. The van der Waals surface area contributed by atoms with Gasteiger partial charge in [-0.25, -0.2) is 9.18 Å². The van der Waals surface area contributed by atoms with Crippen LogP contribution >= 0.6 is 0 Å². The van der Waals surface area contributed by atoms with Crippen molar-refractivity contribution in [1.29, 1.82) is 0 Å². The molecule has 0 saturated carbocycles. The Balaban J connectivity index is 2.18. The van der Waals surface area contributed by atoms with Gasteiger partial charge in [-0.3, -0.25) is 14.5 Å². The van der Waals surface area contributed by atoms with E-state index in [1.165, 1.54) is 43.3 Å². The van der Waals surface area contributed by atoms with Crippen LogP contribution in [0.3, 0.4) is 0 Å². The molecule has 0 aromatic heterocycles. The molecule has 1 aliphatic heterocycles. The van der Waals surface area contributed by atoms with Crippen molar-refractivity contribution in [3.8, 4) is 0 Å². The van der Waals surface area contributed by atoms with Crippen LogP contribution in [0.4, 0.5) is 10.1 Å².